The van der Waals surface area contributed by atoms with E-state index in [4.69, 9.17) is 14.5 Å². The standard InChI is InChI=1S/C31H32BrN3O3S/c1-37-26-16-20(15-25(32)29(26)38-19-22-10-6-5-9-21(22)17-33)18-34-31-28(24-13-7-8-14-27(24)39-31)30(36)35-23-11-3-2-4-12-23/h5-6,9-10,15-16,18,23H,2-4,7-8,11-14,19H2,1H3,(H,35,36). The van der Waals surface area contributed by atoms with Crippen LogP contribution in [-0.2, 0) is 19.4 Å². The molecule has 1 aromatic heterocycles. The van der Waals surface area contributed by atoms with Crippen LogP contribution in [0, 0.1) is 11.3 Å². The van der Waals surface area contributed by atoms with E-state index in [9.17, 15) is 10.1 Å². The number of methoxy groups -OCH3 is 1. The molecule has 1 N–H and O–H groups in total. The summed E-state index contributed by atoms with van der Waals surface area (Å²) in [6.07, 6.45) is 11.7. The summed E-state index contributed by atoms with van der Waals surface area (Å²) in [5.41, 5.74) is 4.16. The average Bonchev–Trinajstić information content (AvgIpc) is 3.34. The summed E-state index contributed by atoms with van der Waals surface area (Å²) in [7, 11) is 1.60. The highest BCUT2D eigenvalue weighted by Gasteiger charge is 2.27. The van der Waals surface area contributed by atoms with Crippen molar-refractivity contribution in [2.45, 2.75) is 70.4 Å². The van der Waals surface area contributed by atoms with Crippen molar-refractivity contribution < 1.29 is 14.3 Å². The highest BCUT2D eigenvalue weighted by atomic mass is 79.9. The second kappa shape index (κ2) is 12.8. The molecule has 0 saturated heterocycles. The molecule has 6 nitrogen and oxygen atoms in total. The number of halogens is 1. The number of carbonyl (C=O) groups excluding carboxylic acids is 1. The number of nitriles is 1. The van der Waals surface area contributed by atoms with Gasteiger partial charge in [-0.15, -0.1) is 11.3 Å². The lowest BCUT2D eigenvalue weighted by Crippen LogP contribution is -2.36. The van der Waals surface area contributed by atoms with Gasteiger partial charge >= 0.3 is 0 Å². The number of thiophene rings is 1. The molecule has 1 saturated carbocycles. The van der Waals surface area contributed by atoms with Gasteiger partial charge in [0.25, 0.3) is 5.91 Å². The van der Waals surface area contributed by atoms with Crippen LogP contribution in [0.5, 0.6) is 11.5 Å². The lowest BCUT2D eigenvalue weighted by molar-refractivity contribution is 0.0927. The molecule has 8 heteroatoms. The van der Waals surface area contributed by atoms with Crippen molar-refractivity contribution in [1.82, 2.24) is 5.32 Å². The van der Waals surface area contributed by atoms with Gasteiger partial charge in [-0.3, -0.25) is 4.79 Å². The van der Waals surface area contributed by atoms with Crippen LogP contribution >= 0.6 is 27.3 Å². The first-order valence-electron chi connectivity index (χ1n) is 13.5. The molecule has 39 heavy (non-hydrogen) atoms. The molecule has 1 amide bonds. The third kappa shape index (κ3) is 6.37. The lowest BCUT2D eigenvalue weighted by atomic mass is 9.93. The first-order valence-corrected chi connectivity index (χ1v) is 15.2. The molecule has 0 aliphatic heterocycles. The Balaban J connectivity index is 1.39. The molecular formula is C31H32BrN3O3S. The highest BCUT2D eigenvalue weighted by Crippen LogP contribution is 2.41. The first-order chi connectivity index (χ1) is 19.1. The van der Waals surface area contributed by atoms with Crippen LogP contribution in [0.4, 0.5) is 5.00 Å². The summed E-state index contributed by atoms with van der Waals surface area (Å²) >= 11 is 5.27. The van der Waals surface area contributed by atoms with Gasteiger partial charge in [-0.2, -0.15) is 5.26 Å². The van der Waals surface area contributed by atoms with E-state index >= 15 is 0 Å². The fourth-order valence-corrected chi connectivity index (χ4v) is 7.18. The average molecular weight is 607 g/mol. The summed E-state index contributed by atoms with van der Waals surface area (Å²) < 4.78 is 12.4. The minimum absolute atomic E-state index is 0.0219. The molecular weight excluding hydrogens is 574 g/mol. The molecule has 2 aliphatic rings. The zero-order valence-corrected chi connectivity index (χ0v) is 24.5. The van der Waals surface area contributed by atoms with Gasteiger partial charge in [0.1, 0.15) is 11.6 Å². The van der Waals surface area contributed by atoms with Crippen molar-refractivity contribution >= 4 is 44.4 Å². The molecule has 1 heterocycles. The quantitative estimate of drug-likeness (QED) is 0.267. The molecule has 0 bridgehead atoms. The highest BCUT2D eigenvalue weighted by molar-refractivity contribution is 9.10. The van der Waals surface area contributed by atoms with Gasteiger partial charge in [0.15, 0.2) is 11.5 Å². The number of aryl methyl sites for hydroxylation is 1. The van der Waals surface area contributed by atoms with Gasteiger partial charge in [-0.25, -0.2) is 4.99 Å². The van der Waals surface area contributed by atoms with Crippen LogP contribution in [0.25, 0.3) is 0 Å². The molecule has 202 valence electrons. The zero-order valence-electron chi connectivity index (χ0n) is 22.1. The topological polar surface area (TPSA) is 83.7 Å². The lowest BCUT2D eigenvalue weighted by Gasteiger charge is -2.23. The van der Waals surface area contributed by atoms with Gasteiger partial charge in [0.2, 0.25) is 0 Å². The summed E-state index contributed by atoms with van der Waals surface area (Å²) in [6.45, 7) is 0.242. The van der Waals surface area contributed by atoms with Crippen molar-refractivity contribution in [1.29, 1.82) is 5.26 Å². The van der Waals surface area contributed by atoms with Crippen LogP contribution in [0.1, 0.15) is 82.4 Å². The summed E-state index contributed by atoms with van der Waals surface area (Å²) in [4.78, 5) is 19.6. The molecule has 1 fully saturated rings. The van der Waals surface area contributed by atoms with E-state index in [0.717, 1.165) is 64.7 Å². The number of nitrogens with one attached hydrogen (secondary N) is 1. The van der Waals surface area contributed by atoms with Crippen LogP contribution < -0.4 is 14.8 Å². The SMILES string of the molecule is COc1cc(C=Nc2sc3c(c2C(=O)NC2CCCCC2)CCCC3)cc(Br)c1OCc1ccccc1C#N. The van der Waals surface area contributed by atoms with Gasteiger partial charge in [-0.05, 0) is 83.8 Å². The molecule has 0 unspecified atom stereocenters. The van der Waals surface area contributed by atoms with Gasteiger partial charge in [0, 0.05) is 22.7 Å². The number of fused-ring (bicyclic) bond motifs is 1. The van der Waals surface area contributed by atoms with Crippen LogP contribution in [0.15, 0.2) is 45.9 Å². The Kier molecular flexibility index (Phi) is 9.00. The number of hydrogen-bond acceptors (Lipinski definition) is 6. The van der Waals surface area contributed by atoms with Crippen LogP contribution in [0.3, 0.4) is 0 Å². The Bertz CT molecular complexity index is 1420. The van der Waals surface area contributed by atoms with Crippen LogP contribution in [-0.4, -0.2) is 25.3 Å². The van der Waals surface area contributed by atoms with Crippen LogP contribution in [0.2, 0.25) is 0 Å². The smallest absolute Gasteiger partial charge is 0.254 e. The van der Waals surface area contributed by atoms with Crippen molar-refractivity contribution in [3.05, 3.63) is 73.6 Å². The molecule has 5 rings (SSSR count). The van der Waals surface area contributed by atoms with E-state index in [-0.39, 0.29) is 18.6 Å². The maximum atomic E-state index is 13.5. The Morgan fingerprint density at radius 1 is 1.18 bits per heavy atom. The largest absolute Gasteiger partial charge is 0.493 e. The third-order valence-corrected chi connectivity index (χ3v) is 9.20. The molecule has 0 atom stereocenters. The monoisotopic (exact) mass is 605 g/mol. The fourth-order valence-electron chi connectivity index (χ4n) is 5.37. The summed E-state index contributed by atoms with van der Waals surface area (Å²) in [6, 6.07) is 13.6. The third-order valence-electron chi connectivity index (χ3n) is 7.41. The van der Waals surface area contributed by atoms with E-state index in [1.807, 2.05) is 30.3 Å². The summed E-state index contributed by atoms with van der Waals surface area (Å²) in [5, 5.41) is 13.5. The second-order valence-corrected chi connectivity index (χ2v) is 12.0. The minimum Gasteiger partial charge on any atom is -0.493 e. The Hall–Kier alpha value is -3.15. The van der Waals surface area contributed by atoms with Crippen molar-refractivity contribution in [3.8, 4) is 17.6 Å². The van der Waals surface area contributed by atoms with E-state index in [1.165, 1.54) is 29.7 Å². The van der Waals surface area contributed by atoms with Crippen molar-refractivity contribution in [3.63, 3.8) is 0 Å². The number of benzene rings is 2. The zero-order chi connectivity index (χ0) is 27.2. The Morgan fingerprint density at radius 3 is 2.77 bits per heavy atom. The fraction of sp³-hybridized carbons (Fsp3) is 0.387. The minimum atomic E-state index is 0.0219. The number of nitrogens with zero attached hydrogens (tertiary/aromatic N) is 2. The van der Waals surface area contributed by atoms with Crippen molar-refractivity contribution in [2.24, 2.45) is 4.99 Å². The summed E-state index contributed by atoms with van der Waals surface area (Å²) in [5.74, 6) is 1.14. The van der Waals surface area contributed by atoms with E-state index in [1.54, 1.807) is 30.7 Å². The number of aliphatic imine (C=N–C) groups is 1. The predicted molar refractivity (Wildman–Crippen MR) is 159 cm³/mol. The second-order valence-electron chi connectivity index (χ2n) is 10.0. The normalized spacial score (nSPS) is 15.5. The van der Waals surface area contributed by atoms with Gasteiger partial charge in [0.05, 0.1) is 28.8 Å². The number of amides is 1. The van der Waals surface area contributed by atoms with E-state index in [0.29, 0.717) is 17.1 Å². The van der Waals surface area contributed by atoms with Gasteiger partial charge in [-0.1, -0.05) is 37.5 Å². The van der Waals surface area contributed by atoms with Gasteiger partial charge < -0.3 is 14.8 Å². The molecule has 0 spiro atoms. The molecule has 3 aromatic rings. The Morgan fingerprint density at radius 2 is 1.97 bits per heavy atom. The number of rotatable bonds is 8. The maximum absolute atomic E-state index is 13.5. The first kappa shape index (κ1) is 27.4. The maximum Gasteiger partial charge on any atom is 0.254 e. The predicted octanol–water partition coefficient (Wildman–Crippen LogP) is 7.66. The molecule has 2 aliphatic carbocycles. The Labute approximate surface area is 242 Å². The van der Waals surface area contributed by atoms with E-state index < -0.39 is 0 Å². The van der Waals surface area contributed by atoms with E-state index in [2.05, 4.69) is 27.3 Å². The van der Waals surface area contributed by atoms with Crippen molar-refractivity contribution in [2.75, 3.05) is 7.11 Å². The number of ether oxygens (including phenoxy) is 2. The number of carbonyl (C=O) groups is 1. The molecule has 0 radical (unpaired) electrons. The number of hydrogen-bond donors (Lipinski definition) is 1. The molecule has 2 aromatic carbocycles.